The lowest BCUT2D eigenvalue weighted by molar-refractivity contribution is -0.132. The first-order valence-electron chi connectivity index (χ1n) is 12.4. The van der Waals surface area contributed by atoms with E-state index in [0.717, 1.165) is 34.0 Å². The molecule has 9 heteroatoms. The molecule has 0 N–H and O–H groups in total. The number of benzene rings is 2. The zero-order chi connectivity index (χ0) is 26.9. The van der Waals surface area contributed by atoms with Crippen LogP contribution in [0.3, 0.4) is 0 Å². The van der Waals surface area contributed by atoms with Crippen LogP contribution in [0.15, 0.2) is 48.7 Å². The smallest absolute Gasteiger partial charge is 0.268 e. The quantitative estimate of drug-likeness (QED) is 0.340. The first-order chi connectivity index (χ1) is 18.2. The summed E-state index contributed by atoms with van der Waals surface area (Å²) in [7, 11) is 2.03. The van der Waals surface area contributed by atoms with Crippen LogP contribution in [0.2, 0.25) is 0 Å². The van der Waals surface area contributed by atoms with E-state index >= 15 is 0 Å². The molecule has 3 aromatic rings. The monoisotopic (exact) mass is 516 g/mol. The van der Waals surface area contributed by atoms with Crippen molar-refractivity contribution in [3.8, 4) is 11.8 Å². The molecule has 2 aliphatic heterocycles. The topological polar surface area (TPSA) is 86.5 Å². The van der Waals surface area contributed by atoms with E-state index in [1.54, 1.807) is 12.1 Å². The van der Waals surface area contributed by atoms with Gasteiger partial charge in [-0.1, -0.05) is 24.3 Å². The molecule has 2 aromatic carbocycles. The molecule has 194 valence electrons. The van der Waals surface area contributed by atoms with Crippen LogP contribution in [0.5, 0.6) is 5.75 Å². The van der Waals surface area contributed by atoms with Crippen LogP contribution in [0.4, 0.5) is 14.5 Å². The lowest BCUT2D eigenvalue weighted by atomic mass is 10.00. The fraction of sp³-hybridized carbons (Fsp3) is 0.310. The maximum atomic E-state index is 13.7. The van der Waals surface area contributed by atoms with Gasteiger partial charge in [0, 0.05) is 43.5 Å². The first-order valence-corrected chi connectivity index (χ1v) is 12.4. The van der Waals surface area contributed by atoms with Gasteiger partial charge >= 0.3 is 0 Å². The van der Waals surface area contributed by atoms with Crippen LogP contribution in [0, 0.1) is 11.3 Å². The van der Waals surface area contributed by atoms with Gasteiger partial charge in [0.25, 0.3) is 5.92 Å². The molecule has 0 radical (unpaired) electrons. The molecule has 1 saturated heterocycles. The Kier molecular flexibility index (Phi) is 6.81. The number of halogens is 2. The number of aromatic nitrogens is 1. The summed E-state index contributed by atoms with van der Waals surface area (Å²) in [6.45, 7) is 0.691. The van der Waals surface area contributed by atoms with E-state index in [2.05, 4.69) is 9.88 Å². The summed E-state index contributed by atoms with van der Waals surface area (Å²) < 4.78 is 33.2. The van der Waals surface area contributed by atoms with Gasteiger partial charge in [-0.15, -0.1) is 0 Å². The van der Waals surface area contributed by atoms with Crippen molar-refractivity contribution in [2.45, 2.75) is 31.2 Å². The average Bonchev–Trinajstić information content (AvgIpc) is 3.24. The molecule has 2 aliphatic rings. The standard InChI is InChI=1S/C29H26F2N4O3/c1-34-12-13-38-27-15-20(5-7-25(27)34)3-2-19-4-6-24-23(14-19)22(10-11-33-24)26(36)8-9-28(37)35-18-29(30,31)16-21(35)17-32/h2-7,10-11,14-15,21H,8-9,12-13,16,18H2,1H3/b3-2+/t21-/m0/s1. The third kappa shape index (κ3) is 5.21. The number of rotatable bonds is 6. The highest BCUT2D eigenvalue weighted by Crippen LogP contribution is 2.33. The van der Waals surface area contributed by atoms with Gasteiger partial charge in [-0.25, -0.2) is 8.78 Å². The second-order valence-corrected chi connectivity index (χ2v) is 9.62. The Morgan fingerprint density at radius 1 is 1.16 bits per heavy atom. The molecule has 38 heavy (non-hydrogen) atoms. The molecular formula is C29H26F2N4O3. The molecule has 1 atom stereocenters. The van der Waals surface area contributed by atoms with E-state index in [4.69, 9.17) is 10.00 Å². The number of likely N-dealkylation sites (tertiary alicyclic amines) is 1. The van der Waals surface area contributed by atoms with Gasteiger partial charge in [-0.05, 0) is 41.5 Å². The van der Waals surface area contributed by atoms with E-state index < -0.39 is 30.8 Å². The maximum Gasteiger partial charge on any atom is 0.268 e. The predicted octanol–water partition coefficient (Wildman–Crippen LogP) is 4.96. The highest BCUT2D eigenvalue weighted by atomic mass is 19.3. The van der Waals surface area contributed by atoms with Crippen molar-refractivity contribution < 1.29 is 23.1 Å². The lowest BCUT2D eigenvalue weighted by Gasteiger charge is -2.27. The average molecular weight is 517 g/mol. The third-order valence-corrected chi connectivity index (χ3v) is 6.92. The van der Waals surface area contributed by atoms with Gasteiger partial charge in [0.2, 0.25) is 5.91 Å². The van der Waals surface area contributed by atoms with E-state index in [1.165, 1.54) is 6.20 Å². The highest BCUT2D eigenvalue weighted by molar-refractivity contribution is 6.08. The van der Waals surface area contributed by atoms with Gasteiger partial charge in [0.05, 0.1) is 30.4 Å². The van der Waals surface area contributed by atoms with Crippen LogP contribution < -0.4 is 9.64 Å². The van der Waals surface area contributed by atoms with E-state index in [0.29, 0.717) is 23.1 Å². The molecule has 3 heterocycles. The normalized spacial score (nSPS) is 18.3. The maximum absolute atomic E-state index is 13.7. The molecule has 0 unspecified atom stereocenters. The molecule has 7 nitrogen and oxygen atoms in total. The molecule has 0 spiro atoms. The second kappa shape index (κ2) is 10.2. The summed E-state index contributed by atoms with van der Waals surface area (Å²) in [5, 5.41) is 9.78. The summed E-state index contributed by atoms with van der Waals surface area (Å²) in [6.07, 6.45) is 4.36. The van der Waals surface area contributed by atoms with Gasteiger partial charge in [-0.3, -0.25) is 14.6 Å². The molecule has 0 aliphatic carbocycles. The number of alkyl halides is 2. The van der Waals surface area contributed by atoms with Crippen LogP contribution in [0.25, 0.3) is 23.1 Å². The number of pyridine rings is 1. The molecule has 0 bridgehead atoms. The summed E-state index contributed by atoms with van der Waals surface area (Å²) in [6, 6.07) is 13.8. The van der Waals surface area contributed by atoms with Crippen LogP contribution in [0.1, 0.15) is 40.7 Å². The number of carbonyl (C=O) groups is 2. The number of nitriles is 1. The van der Waals surface area contributed by atoms with Crippen molar-refractivity contribution in [1.29, 1.82) is 5.26 Å². The number of ether oxygens (including phenoxy) is 1. The zero-order valence-corrected chi connectivity index (χ0v) is 20.9. The van der Waals surface area contributed by atoms with Crippen molar-refractivity contribution in [2.75, 3.05) is 31.6 Å². The number of Topliss-reactive ketones (excluding diaryl/α,β-unsaturated/α-hetero) is 1. The Morgan fingerprint density at radius 3 is 2.71 bits per heavy atom. The second-order valence-electron chi connectivity index (χ2n) is 9.62. The first kappa shape index (κ1) is 25.3. The van der Waals surface area contributed by atoms with E-state index in [-0.39, 0.29) is 18.6 Å². The number of ketones is 1. The minimum atomic E-state index is -3.09. The fourth-order valence-corrected chi connectivity index (χ4v) is 4.87. The lowest BCUT2D eigenvalue weighted by Crippen LogP contribution is -2.36. The number of hydrogen-bond donors (Lipinski definition) is 0. The third-order valence-electron chi connectivity index (χ3n) is 6.92. The van der Waals surface area contributed by atoms with Crippen molar-refractivity contribution in [1.82, 2.24) is 9.88 Å². The van der Waals surface area contributed by atoms with Crippen molar-refractivity contribution >= 4 is 40.4 Å². The summed E-state index contributed by atoms with van der Waals surface area (Å²) >= 11 is 0. The minimum absolute atomic E-state index is 0.151. The summed E-state index contributed by atoms with van der Waals surface area (Å²) in [4.78, 5) is 33.0. The van der Waals surface area contributed by atoms with E-state index in [9.17, 15) is 18.4 Å². The van der Waals surface area contributed by atoms with Gasteiger partial charge < -0.3 is 14.5 Å². The molecule has 1 fully saturated rings. The number of fused-ring (bicyclic) bond motifs is 2. The van der Waals surface area contributed by atoms with Crippen molar-refractivity contribution in [3.05, 3.63) is 65.4 Å². The number of amides is 1. The van der Waals surface area contributed by atoms with Gasteiger partial charge in [0.1, 0.15) is 18.4 Å². The number of nitrogens with zero attached hydrogens (tertiary/aromatic N) is 4. The Morgan fingerprint density at radius 2 is 1.92 bits per heavy atom. The zero-order valence-electron chi connectivity index (χ0n) is 20.9. The minimum Gasteiger partial charge on any atom is -0.490 e. The number of anilines is 1. The van der Waals surface area contributed by atoms with Crippen LogP contribution in [-0.2, 0) is 4.79 Å². The Hall–Kier alpha value is -4.32. The van der Waals surface area contributed by atoms with Crippen LogP contribution >= 0.6 is 0 Å². The van der Waals surface area contributed by atoms with Crippen LogP contribution in [-0.4, -0.2) is 60.3 Å². The van der Waals surface area contributed by atoms with E-state index in [1.807, 2.05) is 55.6 Å². The van der Waals surface area contributed by atoms with Gasteiger partial charge in [-0.2, -0.15) is 5.26 Å². The number of likely N-dealkylation sites (N-methyl/N-ethyl adjacent to an activating group) is 1. The summed E-state index contributed by atoms with van der Waals surface area (Å²) in [5.41, 5.74) is 3.93. The molecule has 1 aromatic heterocycles. The SMILES string of the molecule is CN1CCOc2cc(/C=C/c3ccc4nccc(C(=O)CCC(=O)N5CC(F)(F)C[C@H]5C#N)c4c3)ccc21. The Balaban J connectivity index is 1.32. The number of hydrogen-bond acceptors (Lipinski definition) is 6. The molecule has 1 amide bonds. The Labute approximate surface area is 218 Å². The summed E-state index contributed by atoms with van der Waals surface area (Å²) in [5.74, 6) is -3.16. The predicted molar refractivity (Wildman–Crippen MR) is 140 cm³/mol. The number of carbonyl (C=O) groups excluding carboxylic acids is 2. The Bertz CT molecular complexity index is 1480. The molecule has 5 rings (SSSR count). The van der Waals surface area contributed by atoms with Crippen molar-refractivity contribution in [2.24, 2.45) is 0 Å². The largest absolute Gasteiger partial charge is 0.490 e. The molecular weight excluding hydrogens is 490 g/mol. The fourth-order valence-electron chi connectivity index (χ4n) is 4.87. The molecule has 0 saturated carbocycles. The van der Waals surface area contributed by atoms with Gasteiger partial charge in [0.15, 0.2) is 5.78 Å². The highest BCUT2D eigenvalue weighted by Gasteiger charge is 2.47. The van der Waals surface area contributed by atoms with Crippen molar-refractivity contribution in [3.63, 3.8) is 0 Å².